The maximum Gasteiger partial charge on any atom is 0.425 e. The van der Waals surface area contributed by atoms with Crippen molar-refractivity contribution >= 4 is 5.97 Å². The predicted molar refractivity (Wildman–Crippen MR) is 105 cm³/mol. The van der Waals surface area contributed by atoms with Crippen LogP contribution in [0.25, 0.3) is 0 Å². The van der Waals surface area contributed by atoms with Crippen LogP contribution < -0.4 is 0 Å². The zero-order chi connectivity index (χ0) is 20.6. The molecule has 0 spiro atoms. The Bertz CT molecular complexity index is 587. The molecule has 2 nitrogen and oxygen atoms in total. The van der Waals surface area contributed by atoms with Crippen molar-refractivity contribution in [1.29, 1.82) is 0 Å². The molecule has 0 aliphatic heterocycles. The third kappa shape index (κ3) is 6.82. The summed E-state index contributed by atoms with van der Waals surface area (Å²) in [5.74, 6) is 0.410. The van der Waals surface area contributed by atoms with Crippen LogP contribution in [0.15, 0.2) is 24.3 Å². The number of rotatable bonds is 9. The van der Waals surface area contributed by atoms with Crippen LogP contribution in [0.3, 0.4) is 0 Å². The average molecular weight is 399 g/mol. The van der Waals surface area contributed by atoms with E-state index in [1.54, 1.807) is 19.1 Å². The van der Waals surface area contributed by atoms with Crippen LogP contribution in [0.5, 0.6) is 0 Å². The smallest absolute Gasteiger partial charge is 0.425 e. The van der Waals surface area contributed by atoms with Crippen LogP contribution in [0.4, 0.5) is 13.2 Å². The summed E-state index contributed by atoms with van der Waals surface area (Å²) in [4.78, 5) is 12.1. The van der Waals surface area contributed by atoms with E-state index in [9.17, 15) is 18.0 Å². The first-order valence-corrected chi connectivity index (χ1v) is 10.7. The van der Waals surface area contributed by atoms with Gasteiger partial charge in [0.2, 0.25) is 0 Å². The SMILES string of the molecule is CCCCCC1CCC(c2ccc(C(=O)OC(CCC)C(F)(F)F)cc2)CC1. The lowest BCUT2D eigenvalue weighted by molar-refractivity contribution is -0.206. The molecule has 0 aromatic heterocycles. The van der Waals surface area contributed by atoms with Crippen LogP contribution in [-0.4, -0.2) is 18.2 Å². The molecule has 1 aliphatic rings. The molecule has 28 heavy (non-hydrogen) atoms. The van der Waals surface area contributed by atoms with Gasteiger partial charge >= 0.3 is 12.1 Å². The minimum absolute atomic E-state index is 0.183. The van der Waals surface area contributed by atoms with Crippen molar-refractivity contribution in [3.8, 4) is 0 Å². The summed E-state index contributed by atoms with van der Waals surface area (Å²) in [6.45, 7) is 3.86. The number of benzene rings is 1. The standard InChI is InChI=1S/C23H33F3O2/c1-3-5-6-8-17-9-11-18(12-10-17)19-13-15-20(16-14-19)22(27)28-21(7-4-2)23(24,25)26/h13-18,21H,3-12H2,1-2H3. The number of hydrogen-bond donors (Lipinski definition) is 0. The topological polar surface area (TPSA) is 26.3 Å². The molecule has 1 saturated carbocycles. The van der Waals surface area contributed by atoms with Crippen LogP contribution >= 0.6 is 0 Å². The largest absolute Gasteiger partial charge is 0.449 e. The normalized spacial score (nSPS) is 21.3. The average Bonchev–Trinajstić information content (AvgIpc) is 2.68. The first kappa shape index (κ1) is 22.8. The van der Waals surface area contributed by atoms with Gasteiger partial charge in [0.1, 0.15) is 0 Å². The summed E-state index contributed by atoms with van der Waals surface area (Å²) in [5.41, 5.74) is 1.35. The van der Waals surface area contributed by atoms with Gasteiger partial charge in [-0.2, -0.15) is 13.2 Å². The van der Waals surface area contributed by atoms with E-state index < -0.39 is 18.2 Å². The summed E-state index contributed by atoms with van der Waals surface area (Å²) in [6, 6.07) is 6.96. The second-order valence-electron chi connectivity index (χ2n) is 8.06. The van der Waals surface area contributed by atoms with E-state index in [0.29, 0.717) is 12.3 Å². The first-order valence-electron chi connectivity index (χ1n) is 10.7. The summed E-state index contributed by atoms with van der Waals surface area (Å²) in [5, 5.41) is 0. The van der Waals surface area contributed by atoms with Gasteiger partial charge in [-0.05, 0) is 61.6 Å². The molecule has 158 valence electrons. The minimum Gasteiger partial charge on any atom is -0.449 e. The molecule has 0 saturated heterocycles. The van der Waals surface area contributed by atoms with Crippen molar-refractivity contribution in [3.63, 3.8) is 0 Å². The Labute approximate surface area is 166 Å². The zero-order valence-electron chi connectivity index (χ0n) is 17.1. The molecule has 1 aromatic carbocycles. The fourth-order valence-corrected chi connectivity index (χ4v) is 4.11. The van der Waals surface area contributed by atoms with E-state index in [4.69, 9.17) is 4.74 Å². The highest BCUT2D eigenvalue weighted by Crippen LogP contribution is 2.38. The van der Waals surface area contributed by atoms with Crippen molar-refractivity contribution in [1.82, 2.24) is 0 Å². The van der Waals surface area contributed by atoms with Crippen molar-refractivity contribution in [2.75, 3.05) is 0 Å². The summed E-state index contributed by atoms with van der Waals surface area (Å²) in [7, 11) is 0. The molecule has 1 aliphatic carbocycles. The molecule has 1 unspecified atom stereocenters. The molecule has 1 fully saturated rings. The van der Waals surface area contributed by atoms with Gasteiger partial charge in [0.25, 0.3) is 0 Å². The molecule has 5 heteroatoms. The monoisotopic (exact) mass is 398 g/mol. The van der Waals surface area contributed by atoms with Crippen LogP contribution in [0.1, 0.15) is 99.9 Å². The zero-order valence-corrected chi connectivity index (χ0v) is 17.1. The maximum absolute atomic E-state index is 12.9. The molecular formula is C23H33F3O2. The highest BCUT2D eigenvalue weighted by molar-refractivity contribution is 5.89. The number of hydrogen-bond acceptors (Lipinski definition) is 2. The molecule has 0 N–H and O–H groups in total. The highest BCUT2D eigenvalue weighted by Gasteiger charge is 2.42. The van der Waals surface area contributed by atoms with E-state index in [1.807, 2.05) is 12.1 Å². The number of esters is 1. The molecular weight excluding hydrogens is 365 g/mol. The van der Waals surface area contributed by atoms with Gasteiger partial charge in [0.05, 0.1) is 5.56 Å². The van der Waals surface area contributed by atoms with Gasteiger partial charge in [-0.25, -0.2) is 4.79 Å². The first-order chi connectivity index (χ1) is 13.3. The Balaban J connectivity index is 1.88. The van der Waals surface area contributed by atoms with Crippen molar-refractivity contribution in [2.45, 2.75) is 96.3 Å². The van der Waals surface area contributed by atoms with Crippen LogP contribution in [0, 0.1) is 5.92 Å². The Morgan fingerprint density at radius 1 is 1.04 bits per heavy atom. The van der Waals surface area contributed by atoms with Crippen molar-refractivity contribution in [2.24, 2.45) is 5.92 Å². The number of carbonyl (C=O) groups excluding carboxylic acids is 1. The highest BCUT2D eigenvalue weighted by atomic mass is 19.4. The van der Waals surface area contributed by atoms with Crippen molar-refractivity contribution in [3.05, 3.63) is 35.4 Å². The molecule has 0 radical (unpaired) electrons. The van der Waals surface area contributed by atoms with Gasteiger partial charge in [-0.15, -0.1) is 0 Å². The number of halogens is 3. The lowest BCUT2D eigenvalue weighted by Crippen LogP contribution is -2.33. The van der Waals surface area contributed by atoms with Gasteiger partial charge in [0, 0.05) is 0 Å². The van der Waals surface area contributed by atoms with E-state index in [2.05, 4.69) is 6.92 Å². The quantitative estimate of drug-likeness (QED) is 0.319. The molecule has 0 heterocycles. The van der Waals surface area contributed by atoms with Gasteiger partial charge in [-0.3, -0.25) is 0 Å². The second-order valence-corrected chi connectivity index (χ2v) is 8.06. The van der Waals surface area contributed by atoms with E-state index in [-0.39, 0.29) is 12.0 Å². The van der Waals surface area contributed by atoms with Crippen LogP contribution in [-0.2, 0) is 4.74 Å². The van der Waals surface area contributed by atoms with Gasteiger partial charge in [0.15, 0.2) is 6.10 Å². The fraction of sp³-hybridized carbons (Fsp3) is 0.696. The molecule has 1 aromatic rings. The number of ether oxygens (including phenoxy) is 1. The van der Waals surface area contributed by atoms with Gasteiger partial charge in [-0.1, -0.05) is 58.1 Å². The van der Waals surface area contributed by atoms with Crippen LogP contribution in [0.2, 0.25) is 0 Å². The van der Waals surface area contributed by atoms with Crippen molar-refractivity contribution < 1.29 is 22.7 Å². The number of unbranched alkanes of at least 4 members (excludes halogenated alkanes) is 2. The minimum atomic E-state index is -4.53. The Hall–Kier alpha value is -1.52. The second kappa shape index (κ2) is 10.9. The Morgan fingerprint density at radius 3 is 2.21 bits per heavy atom. The third-order valence-electron chi connectivity index (χ3n) is 5.85. The Kier molecular flexibility index (Phi) is 8.84. The molecule has 1 atom stereocenters. The molecule has 0 bridgehead atoms. The Morgan fingerprint density at radius 2 is 1.68 bits per heavy atom. The lowest BCUT2D eigenvalue weighted by Gasteiger charge is -2.29. The predicted octanol–water partition coefficient (Wildman–Crippen LogP) is 7.43. The van der Waals surface area contributed by atoms with E-state index in [1.165, 1.54) is 44.1 Å². The van der Waals surface area contributed by atoms with E-state index >= 15 is 0 Å². The summed E-state index contributed by atoms with van der Waals surface area (Å²) >= 11 is 0. The lowest BCUT2D eigenvalue weighted by atomic mass is 9.77. The molecule has 2 rings (SSSR count). The number of carbonyl (C=O) groups is 1. The summed E-state index contributed by atoms with van der Waals surface area (Å²) < 4.78 is 43.6. The van der Waals surface area contributed by atoms with Gasteiger partial charge < -0.3 is 4.74 Å². The molecule has 0 amide bonds. The number of alkyl halides is 3. The fourth-order valence-electron chi connectivity index (χ4n) is 4.11. The van der Waals surface area contributed by atoms with E-state index in [0.717, 1.165) is 18.8 Å². The summed E-state index contributed by atoms with van der Waals surface area (Å²) in [6.07, 6.45) is 3.51. The third-order valence-corrected chi connectivity index (χ3v) is 5.85. The maximum atomic E-state index is 12.9.